The summed E-state index contributed by atoms with van der Waals surface area (Å²) >= 11 is 6.50. The number of carboxylic acid groups (broad SMARTS) is 1. The number of likely N-dealkylation sites (N-methyl/N-ethyl adjacent to an activating group) is 1. The number of carboxylic acids is 1. The molecule has 226 valence electrons. The molecule has 0 heterocycles. The van der Waals surface area contributed by atoms with Gasteiger partial charge in [0.05, 0.1) is 11.0 Å². The first kappa shape index (κ1) is 32.1. The van der Waals surface area contributed by atoms with Gasteiger partial charge in [0.15, 0.2) is 0 Å². The molecule has 0 radical (unpaired) electrons. The number of benzene rings is 3. The molecule has 0 saturated heterocycles. The standard InChI is InChI=1S/C32H38ClFN2O5S/c1-32(2,18-21-14-22-6-4-5-7-23(22)15-21)35-19-26(37)20-36(3)42(40,41)27-10-12-29(30(33)17-27)28-11-9-25(34)16-24(28)8-13-31(38)39/h4-7,9-12,16-17,21,26,35,37H,8,13-15,18-20H2,1-3H3,(H,38,39). The number of hydrogen-bond acceptors (Lipinski definition) is 5. The zero-order valence-electron chi connectivity index (χ0n) is 24.1. The number of halogens is 2. The smallest absolute Gasteiger partial charge is 0.303 e. The van der Waals surface area contributed by atoms with Crippen molar-refractivity contribution in [1.82, 2.24) is 9.62 Å². The first-order valence-electron chi connectivity index (χ1n) is 14.0. The highest BCUT2D eigenvalue weighted by Crippen LogP contribution is 2.34. The normalized spacial score (nSPS) is 14.7. The fraction of sp³-hybridized carbons (Fsp3) is 0.406. The summed E-state index contributed by atoms with van der Waals surface area (Å²) in [5.74, 6) is -1.00. The molecule has 3 aromatic rings. The van der Waals surface area contributed by atoms with E-state index >= 15 is 0 Å². The summed E-state index contributed by atoms with van der Waals surface area (Å²) in [4.78, 5) is 11.0. The maximum Gasteiger partial charge on any atom is 0.303 e. The van der Waals surface area contributed by atoms with E-state index in [-0.39, 0.29) is 41.4 Å². The fourth-order valence-corrected chi connectivity index (χ4v) is 7.35. The molecule has 0 aromatic heterocycles. The molecule has 7 nitrogen and oxygen atoms in total. The van der Waals surface area contributed by atoms with Crippen LogP contribution >= 0.6 is 11.6 Å². The van der Waals surface area contributed by atoms with Crippen LogP contribution in [0.1, 0.15) is 43.4 Å². The van der Waals surface area contributed by atoms with Gasteiger partial charge in [0.25, 0.3) is 0 Å². The second kappa shape index (κ2) is 13.2. The molecule has 1 aliphatic carbocycles. The first-order valence-corrected chi connectivity index (χ1v) is 15.8. The molecule has 1 aliphatic rings. The van der Waals surface area contributed by atoms with E-state index in [0.29, 0.717) is 22.6 Å². The van der Waals surface area contributed by atoms with Crippen LogP contribution in [-0.2, 0) is 34.1 Å². The summed E-state index contributed by atoms with van der Waals surface area (Å²) in [5, 5.41) is 23.3. The number of sulfonamides is 1. The molecule has 4 rings (SSSR count). The molecule has 0 bridgehead atoms. The second-order valence-electron chi connectivity index (χ2n) is 11.8. The van der Waals surface area contributed by atoms with Gasteiger partial charge in [-0.15, -0.1) is 0 Å². The van der Waals surface area contributed by atoms with E-state index in [9.17, 15) is 22.7 Å². The Labute approximate surface area is 252 Å². The summed E-state index contributed by atoms with van der Waals surface area (Å²) in [6, 6.07) is 16.8. The average molecular weight is 617 g/mol. The summed E-state index contributed by atoms with van der Waals surface area (Å²) in [7, 11) is -2.57. The van der Waals surface area contributed by atoms with Gasteiger partial charge < -0.3 is 15.5 Å². The molecule has 0 saturated carbocycles. The molecule has 1 atom stereocenters. The van der Waals surface area contributed by atoms with Gasteiger partial charge in [0.1, 0.15) is 5.82 Å². The van der Waals surface area contributed by atoms with E-state index in [4.69, 9.17) is 16.7 Å². The number of aliphatic hydroxyl groups excluding tert-OH is 1. The Hall–Kier alpha value is -2.82. The lowest BCUT2D eigenvalue weighted by Gasteiger charge is -2.31. The van der Waals surface area contributed by atoms with Crippen molar-refractivity contribution in [1.29, 1.82) is 0 Å². The molecule has 0 amide bonds. The zero-order chi connectivity index (χ0) is 30.7. The van der Waals surface area contributed by atoms with Crippen molar-refractivity contribution in [2.24, 2.45) is 5.92 Å². The molecule has 1 unspecified atom stereocenters. The third-order valence-electron chi connectivity index (χ3n) is 7.83. The van der Waals surface area contributed by atoms with Crippen molar-refractivity contribution >= 4 is 27.6 Å². The number of fused-ring (bicyclic) bond motifs is 1. The van der Waals surface area contributed by atoms with Crippen molar-refractivity contribution in [3.05, 3.63) is 88.2 Å². The Morgan fingerprint density at radius 3 is 2.36 bits per heavy atom. The largest absolute Gasteiger partial charge is 0.481 e. The monoisotopic (exact) mass is 616 g/mol. The third kappa shape index (κ3) is 7.96. The Morgan fingerprint density at radius 2 is 1.74 bits per heavy atom. The Balaban J connectivity index is 1.37. The van der Waals surface area contributed by atoms with Crippen molar-refractivity contribution in [3.8, 4) is 11.1 Å². The highest BCUT2D eigenvalue weighted by atomic mass is 35.5. The quantitative estimate of drug-likeness (QED) is 0.240. The lowest BCUT2D eigenvalue weighted by atomic mass is 9.88. The van der Waals surface area contributed by atoms with Gasteiger partial charge in [-0.1, -0.05) is 48.0 Å². The van der Waals surface area contributed by atoms with Crippen molar-refractivity contribution in [2.75, 3.05) is 20.1 Å². The van der Waals surface area contributed by atoms with E-state index in [1.807, 2.05) is 0 Å². The number of carbonyl (C=O) groups is 1. The lowest BCUT2D eigenvalue weighted by molar-refractivity contribution is -0.136. The molecule has 10 heteroatoms. The number of aliphatic hydroxyl groups is 1. The van der Waals surface area contributed by atoms with E-state index in [1.165, 1.54) is 54.6 Å². The van der Waals surface area contributed by atoms with Gasteiger partial charge in [-0.2, -0.15) is 4.31 Å². The third-order valence-corrected chi connectivity index (χ3v) is 9.97. The van der Waals surface area contributed by atoms with E-state index < -0.39 is 27.9 Å². The minimum Gasteiger partial charge on any atom is -0.481 e. The van der Waals surface area contributed by atoms with Crippen molar-refractivity contribution in [2.45, 2.75) is 62.5 Å². The van der Waals surface area contributed by atoms with Crippen LogP contribution in [0.3, 0.4) is 0 Å². The maximum atomic E-state index is 13.9. The highest BCUT2D eigenvalue weighted by molar-refractivity contribution is 7.89. The van der Waals surface area contributed by atoms with Gasteiger partial charge in [-0.25, -0.2) is 12.8 Å². The van der Waals surface area contributed by atoms with E-state index in [0.717, 1.165) is 23.6 Å². The average Bonchev–Trinajstić information content (AvgIpc) is 3.32. The van der Waals surface area contributed by atoms with Crippen molar-refractivity contribution < 1.29 is 27.8 Å². The van der Waals surface area contributed by atoms with Gasteiger partial charge in [0.2, 0.25) is 10.0 Å². The minimum absolute atomic E-state index is 0.0470. The molecule has 3 N–H and O–H groups in total. The molecule has 0 fully saturated rings. The molecule has 3 aromatic carbocycles. The van der Waals surface area contributed by atoms with Crippen LogP contribution in [0.4, 0.5) is 4.39 Å². The zero-order valence-corrected chi connectivity index (χ0v) is 25.7. The van der Waals surface area contributed by atoms with Crippen LogP contribution in [0.5, 0.6) is 0 Å². The highest BCUT2D eigenvalue weighted by Gasteiger charge is 2.29. The Morgan fingerprint density at radius 1 is 1.10 bits per heavy atom. The van der Waals surface area contributed by atoms with E-state index in [1.54, 1.807) is 0 Å². The van der Waals surface area contributed by atoms with Crippen LogP contribution in [-0.4, -0.2) is 60.7 Å². The number of nitrogens with zero attached hydrogens (tertiary/aromatic N) is 1. The van der Waals surface area contributed by atoms with Gasteiger partial charge >= 0.3 is 5.97 Å². The number of hydrogen-bond donors (Lipinski definition) is 3. The number of β-amino-alcohol motifs (C(OH)–C–C–N with tert-alkyl or cyclic N) is 1. The first-order chi connectivity index (χ1) is 19.7. The van der Waals surface area contributed by atoms with Crippen LogP contribution in [0, 0.1) is 11.7 Å². The van der Waals surface area contributed by atoms with Crippen LogP contribution in [0.2, 0.25) is 5.02 Å². The molecular weight excluding hydrogens is 579 g/mol. The molecule has 42 heavy (non-hydrogen) atoms. The molecular formula is C32H38ClFN2O5S. The van der Waals surface area contributed by atoms with Gasteiger partial charge in [0, 0.05) is 42.7 Å². The van der Waals surface area contributed by atoms with E-state index in [2.05, 4.69) is 43.4 Å². The van der Waals surface area contributed by atoms with Gasteiger partial charge in [-0.05, 0) is 92.0 Å². The summed E-state index contributed by atoms with van der Waals surface area (Å²) in [5.41, 5.74) is 4.02. The van der Waals surface area contributed by atoms with Gasteiger partial charge in [-0.3, -0.25) is 4.79 Å². The number of aliphatic carboxylic acids is 1. The minimum atomic E-state index is -3.97. The van der Waals surface area contributed by atoms with Crippen molar-refractivity contribution in [3.63, 3.8) is 0 Å². The predicted molar refractivity (Wildman–Crippen MR) is 163 cm³/mol. The number of nitrogens with one attached hydrogen (secondary N) is 1. The Kier molecular flexibility index (Phi) is 10.1. The summed E-state index contributed by atoms with van der Waals surface area (Å²) < 4.78 is 41.6. The predicted octanol–water partition coefficient (Wildman–Crippen LogP) is 5.32. The summed E-state index contributed by atoms with van der Waals surface area (Å²) in [6.07, 6.45) is 1.98. The topological polar surface area (TPSA) is 107 Å². The lowest BCUT2D eigenvalue weighted by Crippen LogP contribution is -2.47. The van der Waals surface area contributed by atoms with Crippen LogP contribution in [0.15, 0.2) is 65.6 Å². The number of rotatable bonds is 13. The second-order valence-corrected chi connectivity index (χ2v) is 14.2. The fourth-order valence-electron chi connectivity index (χ4n) is 5.77. The molecule has 0 spiro atoms. The molecule has 0 aliphatic heterocycles. The number of aryl methyl sites for hydroxylation is 1. The van der Waals surface area contributed by atoms with Crippen LogP contribution < -0.4 is 5.32 Å². The Bertz CT molecular complexity index is 1520. The maximum absolute atomic E-state index is 13.9. The van der Waals surface area contributed by atoms with Crippen LogP contribution in [0.25, 0.3) is 11.1 Å². The SMILES string of the molecule is CN(CC(O)CNC(C)(C)CC1Cc2ccccc2C1)S(=O)(=O)c1ccc(-c2ccc(F)cc2CCC(=O)O)c(Cl)c1. The summed E-state index contributed by atoms with van der Waals surface area (Å²) in [6.45, 7) is 4.31.